The molecular weight excluding hydrogens is 259 g/mol. The molecule has 1 aliphatic heterocycles. The second-order valence-corrected chi connectivity index (χ2v) is 5.53. The zero-order valence-electron chi connectivity index (χ0n) is 11.1. The maximum absolute atomic E-state index is 13.2. The monoisotopic (exact) mass is 276 g/mol. The lowest BCUT2D eigenvalue weighted by Crippen LogP contribution is -2.39. The minimum atomic E-state index is -0.514. The van der Waals surface area contributed by atoms with E-state index in [4.69, 9.17) is 0 Å². The Kier molecular flexibility index (Phi) is 3.42. The molecule has 0 unspecified atom stereocenters. The van der Waals surface area contributed by atoms with Crippen molar-refractivity contribution >= 4 is 17.5 Å². The second kappa shape index (κ2) is 5.23. The van der Waals surface area contributed by atoms with Crippen LogP contribution in [-0.4, -0.2) is 17.9 Å². The van der Waals surface area contributed by atoms with Crippen molar-refractivity contribution in [1.29, 1.82) is 0 Å². The van der Waals surface area contributed by atoms with E-state index in [-0.39, 0.29) is 24.3 Å². The Labute approximate surface area is 116 Å². The van der Waals surface area contributed by atoms with E-state index in [9.17, 15) is 14.0 Å². The molecule has 2 aliphatic rings. The SMILES string of the molecule is O=C1C[C@H](C(=O)NC2CCCC2)c2ccc(F)cc2N1. The number of hydrogen-bond acceptors (Lipinski definition) is 2. The van der Waals surface area contributed by atoms with Crippen LogP contribution in [0.4, 0.5) is 10.1 Å². The number of halogens is 1. The van der Waals surface area contributed by atoms with Gasteiger partial charge in [-0.05, 0) is 30.5 Å². The van der Waals surface area contributed by atoms with Crippen LogP contribution in [0.5, 0.6) is 0 Å². The van der Waals surface area contributed by atoms with E-state index in [1.54, 1.807) is 6.07 Å². The molecule has 1 heterocycles. The van der Waals surface area contributed by atoms with Crippen molar-refractivity contribution in [3.63, 3.8) is 0 Å². The van der Waals surface area contributed by atoms with Gasteiger partial charge >= 0.3 is 0 Å². The molecule has 5 heteroatoms. The van der Waals surface area contributed by atoms with Crippen LogP contribution < -0.4 is 10.6 Å². The summed E-state index contributed by atoms with van der Waals surface area (Å²) in [5.41, 5.74) is 1.11. The first-order valence-electron chi connectivity index (χ1n) is 7.03. The van der Waals surface area contributed by atoms with Gasteiger partial charge in [-0.1, -0.05) is 18.9 Å². The van der Waals surface area contributed by atoms with Crippen molar-refractivity contribution in [3.8, 4) is 0 Å². The number of carbonyl (C=O) groups excluding carboxylic acids is 2. The summed E-state index contributed by atoms with van der Waals surface area (Å²) in [6, 6.07) is 4.40. The summed E-state index contributed by atoms with van der Waals surface area (Å²) in [7, 11) is 0. The van der Waals surface area contributed by atoms with Crippen LogP contribution in [0.2, 0.25) is 0 Å². The molecule has 0 bridgehead atoms. The van der Waals surface area contributed by atoms with E-state index in [2.05, 4.69) is 10.6 Å². The smallest absolute Gasteiger partial charge is 0.228 e. The van der Waals surface area contributed by atoms with Crippen LogP contribution in [0.25, 0.3) is 0 Å². The summed E-state index contributed by atoms with van der Waals surface area (Å²) in [5, 5.41) is 5.63. The van der Waals surface area contributed by atoms with Crippen LogP contribution >= 0.6 is 0 Å². The lowest BCUT2D eigenvalue weighted by Gasteiger charge is -2.26. The number of amides is 2. The molecule has 20 heavy (non-hydrogen) atoms. The average Bonchev–Trinajstić information content (AvgIpc) is 2.90. The fourth-order valence-corrected chi connectivity index (χ4v) is 3.04. The Bertz CT molecular complexity index is 553. The summed E-state index contributed by atoms with van der Waals surface area (Å²) in [5.74, 6) is -1.30. The van der Waals surface area contributed by atoms with Gasteiger partial charge in [-0.2, -0.15) is 0 Å². The van der Waals surface area contributed by atoms with E-state index in [0.29, 0.717) is 11.3 Å². The molecule has 3 rings (SSSR count). The number of anilines is 1. The topological polar surface area (TPSA) is 58.2 Å². The molecule has 1 aromatic carbocycles. The van der Waals surface area contributed by atoms with E-state index < -0.39 is 11.7 Å². The average molecular weight is 276 g/mol. The molecule has 0 aromatic heterocycles. The maximum atomic E-state index is 13.2. The predicted molar refractivity (Wildman–Crippen MR) is 72.8 cm³/mol. The van der Waals surface area contributed by atoms with E-state index >= 15 is 0 Å². The summed E-state index contributed by atoms with van der Waals surface area (Å²) >= 11 is 0. The highest BCUT2D eigenvalue weighted by Crippen LogP contribution is 2.33. The summed E-state index contributed by atoms with van der Waals surface area (Å²) < 4.78 is 13.2. The van der Waals surface area contributed by atoms with Crippen LogP contribution in [-0.2, 0) is 9.59 Å². The summed E-state index contributed by atoms with van der Waals surface area (Å²) in [4.78, 5) is 24.0. The molecular formula is C15H17FN2O2. The molecule has 1 aromatic rings. The molecule has 1 fully saturated rings. The van der Waals surface area contributed by atoms with Gasteiger partial charge in [-0.25, -0.2) is 4.39 Å². The Balaban J connectivity index is 1.82. The van der Waals surface area contributed by atoms with Gasteiger partial charge in [0.2, 0.25) is 11.8 Å². The molecule has 0 saturated heterocycles. The van der Waals surface area contributed by atoms with Crippen molar-refractivity contribution in [2.24, 2.45) is 0 Å². The molecule has 2 amide bonds. The first kappa shape index (κ1) is 13.1. The van der Waals surface area contributed by atoms with E-state index in [0.717, 1.165) is 25.7 Å². The van der Waals surface area contributed by atoms with Crippen molar-refractivity contribution in [2.45, 2.75) is 44.1 Å². The molecule has 106 valence electrons. The van der Waals surface area contributed by atoms with Gasteiger partial charge in [-0.3, -0.25) is 9.59 Å². The van der Waals surface area contributed by atoms with Crippen molar-refractivity contribution < 1.29 is 14.0 Å². The fourth-order valence-electron chi connectivity index (χ4n) is 3.04. The van der Waals surface area contributed by atoms with Gasteiger partial charge in [0.05, 0.1) is 5.92 Å². The third-order valence-corrected chi connectivity index (χ3v) is 4.07. The quantitative estimate of drug-likeness (QED) is 0.871. The highest BCUT2D eigenvalue weighted by atomic mass is 19.1. The molecule has 1 atom stereocenters. The highest BCUT2D eigenvalue weighted by molar-refractivity contribution is 6.01. The number of rotatable bonds is 2. The Morgan fingerprint density at radius 3 is 2.80 bits per heavy atom. The third kappa shape index (κ3) is 2.53. The third-order valence-electron chi connectivity index (χ3n) is 4.07. The van der Waals surface area contributed by atoms with Crippen LogP contribution in [0.1, 0.15) is 43.6 Å². The predicted octanol–water partition coefficient (Wildman–Crippen LogP) is 2.31. The largest absolute Gasteiger partial charge is 0.353 e. The van der Waals surface area contributed by atoms with Crippen LogP contribution in [0.3, 0.4) is 0 Å². The minimum Gasteiger partial charge on any atom is -0.353 e. The summed E-state index contributed by atoms with van der Waals surface area (Å²) in [6.07, 6.45) is 4.40. The molecule has 2 N–H and O–H groups in total. The number of carbonyl (C=O) groups is 2. The first-order valence-corrected chi connectivity index (χ1v) is 7.03. The Hall–Kier alpha value is -1.91. The minimum absolute atomic E-state index is 0.122. The number of hydrogen-bond donors (Lipinski definition) is 2. The van der Waals surface area contributed by atoms with Gasteiger partial charge < -0.3 is 10.6 Å². The molecule has 1 aliphatic carbocycles. The Morgan fingerprint density at radius 2 is 2.05 bits per heavy atom. The van der Waals surface area contributed by atoms with Gasteiger partial charge in [0.15, 0.2) is 0 Å². The molecule has 0 spiro atoms. The van der Waals surface area contributed by atoms with Crippen molar-refractivity contribution in [2.75, 3.05) is 5.32 Å². The van der Waals surface area contributed by atoms with Crippen molar-refractivity contribution in [3.05, 3.63) is 29.6 Å². The van der Waals surface area contributed by atoms with Gasteiger partial charge in [0, 0.05) is 18.2 Å². The normalized spacial score (nSPS) is 22.2. The van der Waals surface area contributed by atoms with Crippen LogP contribution in [0, 0.1) is 5.82 Å². The second-order valence-electron chi connectivity index (χ2n) is 5.53. The molecule has 4 nitrogen and oxygen atoms in total. The van der Waals surface area contributed by atoms with Gasteiger partial charge in [0.25, 0.3) is 0 Å². The zero-order valence-corrected chi connectivity index (χ0v) is 11.1. The Morgan fingerprint density at radius 1 is 1.30 bits per heavy atom. The van der Waals surface area contributed by atoms with Crippen molar-refractivity contribution in [1.82, 2.24) is 5.32 Å². The molecule has 0 radical (unpaired) electrons. The summed E-state index contributed by atoms with van der Waals surface area (Å²) in [6.45, 7) is 0. The first-order chi connectivity index (χ1) is 9.63. The lowest BCUT2D eigenvalue weighted by molar-refractivity contribution is -0.126. The van der Waals surface area contributed by atoms with Gasteiger partial charge in [0.1, 0.15) is 5.82 Å². The fraction of sp³-hybridized carbons (Fsp3) is 0.467. The van der Waals surface area contributed by atoms with E-state index in [1.165, 1.54) is 12.1 Å². The highest BCUT2D eigenvalue weighted by Gasteiger charge is 2.32. The maximum Gasteiger partial charge on any atom is 0.228 e. The van der Waals surface area contributed by atoms with Crippen LogP contribution in [0.15, 0.2) is 18.2 Å². The van der Waals surface area contributed by atoms with E-state index in [1.807, 2.05) is 0 Å². The molecule has 1 saturated carbocycles. The number of fused-ring (bicyclic) bond motifs is 1. The lowest BCUT2D eigenvalue weighted by atomic mass is 9.89. The number of benzene rings is 1. The number of nitrogens with one attached hydrogen (secondary N) is 2. The zero-order chi connectivity index (χ0) is 14.1. The van der Waals surface area contributed by atoms with Gasteiger partial charge in [-0.15, -0.1) is 0 Å². The standard InChI is InChI=1S/C15H17FN2O2/c16-9-5-6-11-12(8-14(19)18-13(11)7-9)15(20)17-10-3-1-2-4-10/h5-7,10,12H,1-4,8H2,(H,17,20)(H,18,19)/t12-/m0/s1.